The minimum absolute atomic E-state index is 0.257. The zero-order chi connectivity index (χ0) is 13.8. The van der Waals surface area contributed by atoms with Crippen LogP contribution in [0.5, 0.6) is 0 Å². The lowest BCUT2D eigenvalue weighted by Crippen LogP contribution is -2.08. The van der Waals surface area contributed by atoms with Crippen molar-refractivity contribution < 1.29 is 9.31 Å². The molecule has 0 bridgehead atoms. The number of nitrogens with one attached hydrogen (secondary N) is 2. The summed E-state index contributed by atoms with van der Waals surface area (Å²) in [6.45, 7) is 2.06. The van der Waals surface area contributed by atoms with Crippen LogP contribution >= 0.6 is 0 Å². The van der Waals surface area contributed by atoms with E-state index in [0.717, 1.165) is 11.8 Å². The Hall–Kier alpha value is -2.44. The zero-order valence-electron chi connectivity index (χ0n) is 10.3. The van der Waals surface area contributed by atoms with Gasteiger partial charge in [0.1, 0.15) is 11.5 Å². The Morgan fingerprint density at radius 2 is 2.32 bits per heavy atom. The topological polar surface area (TPSA) is 83.8 Å². The fourth-order valence-electron chi connectivity index (χ4n) is 1.72. The number of nitro groups is 1. The zero-order valence-corrected chi connectivity index (χ0v) is 10.3. The Morgan fingerprint density at radius 3 is 2.95 bits per heavy atom. The molecule has 6 nitrogen and oxygen atoms in total. The number of hydrogen-bond acceptors (Lipinski definition) is 4. The van der Waals surface area contributed by atoms with E-state index in [1.54, 1.807) is 19.4 Å². The van der Waals surface area contributed by atoms with Gasteiger partial charge in [0.15, 0.2) is 0 Å². The molecular formula is C12H13FN4O2. The number of halogens is 1. The van der Waals surface area contributed by atoms with E-state index in [1.807, 2.05) is 0 Å². The summed E-state index contributed by atoms with van der Waals surface area (Å²) in [6, 6.07) is 2.38. The van der Waals surface area contributed by atoms with Crippen LogP contribution < -0.4 is 5.32 Å². The summed E-state index contributed by atoms with van der Waals surface area (Å²) in [4.78, 5) is 17.1. The third kappa shape index (κ3) is 3.06. The first kappa shape index (κ1) is 13.0. The molecule has 0 fully saturated rings. The molecule has 2 aromatic rings. The standard InChI is InChI=1S/C12H13FN4O2/c1-8-4-11(12(17(18)19)5-10(8)13)15-3-2-9-6-14-7-16-9/h4-7,15H,2-3H2,1H3,(H,14,16). The SMILES string of the molecule is Cc1cc(NCCc2cnc[nH]2)c([N+](=O)[O-])cc1F. The molecule has 1 aromatic heterocycles. The van der Waals surface area contributed by atoms with E-state index in [4.69, 9.17) is 0 Å². The Labute approximate surface area is 108 Å². The summed E-state index contributed by atoms with van der Waals surface area (Å²) < 4.78 is 13.3. The lowest BCUT2D eigenvalue weighted by molar-refractivity contribution is -0.384. The second-order valence-electron chi connectivity index (χ2n) is 4.13. The molecular weight excluding hydrogens is 251 g/mol. The largest absolute Gasteiger partial charge is 0.379 e. The molecule has 0 unspecified atom stereocenters. The quantitative estimate of drug-likeness (QED) is 0.641. The fraction of sp³-hybridized carbons (Fsp3) is 0.250. The minimum atomic E-state index is -0.596. The number of hydrogen-bond donors (Lipinski definition) is 2. The maximum absolute atomic E-state index is 13.3. The Morgan fingerprint density at radius 1 is 1.53 bits per heavy atom. The molecule has 0 amide bonds. The van der Waals surface area contributed by atoms with Crippen molar-refractivity contribution in [3.05, 3.63) is 51.8 Å². The van der Waals surface area contributed by atoms with Crippen LogP contribution in [0.4, 0.5) is 15.8 Å². The maximum Gasteiger partial charge on any atom is 0.295 e. The highest BCUT2D eigenvalue weighted by Gasteiger charge is 2.16. The predicted octanol–water partition coefficient (Wildman–Crippen LogP) is 2.42. The van der Waals surface area contributed by atoms with Gasteiger partial charge in [-0.25, -0.2) is 9.37 Å². The first-order valence-corrected chi connectivity index (χ1v) is 5.73. The van der Waals surface area contributed by atoms with Gasteiger partial charge in [0.25, 0.3) is 5.69 Å². The number of anilines is 1. The van der Waals surface area contributed by atoms with Crippen LogP contribution in [0.2, 0.25) is 0 Å². The van der Waals surface area contributed by atoms with Gasteiger partial charge in [0, 0.05) is 24.9 Å². The highest BCUT2D eigenvalue weighted by Crippen LogP contribution is 2.27. The molecule has 0 aliphatic carbocycles. The first-order chi connectivity index (χ1) is 9.08. The van der Waals surface area contributed by atoms with E-state index in [2.05, 4.69) is 15.3 Å². The van der Waals surface area contributed by atoms with Crippen LogP contribution in [0.3, 0.4) is 0 Å². The van der Waals surface area contributed by atoms with Crippen molar-refractivity contribution in [1.82, 2.24) is 9.97 Å². The normalized spacial score (nSPS) is 10.4. The Balaban J connectivity index is 2.10. The highest BCUT2D eigenvalue weighted by molar-refractivity contribution is 5.63. The average molecular weight is 264 g/mol. The van der Waals surface area contributed by atoms with Gasteiger partial charge >= 0.3 is 0 Å². The number of nitro benzene ring substituents is 1. The van der Waals surface area contributed by atoms with Crippen molar-refractivity contribution in [3.8, 4) is 0 Å². The van der Waals surface area contributed by atoms with Crippen LogP contribution in [-0.4, -0.2) is 21.4 Å². The van der Waals surface area contributed by atoms with E-state index in [1.165, 1.54) is 6.07 Å². The number of imidazole rings is 1. The molecule has 19 heavy (non-hydrogen) atoms. The number of aromatic nitrogens is 2. The van der Waals surface area contributed by atoms with Crippen molar-refractivity contribution in [2.45, 2.75) is 13.3 Å². The van der Waals surface area contributed by atoms with E-state index in [-0.39, 0.29) is 5.69 Å². The number of aryl methyl sites for hydroxylation is 1. The van der Waals surface area contributed by atoms with E-state index in [9.17, 15) is 14.5 Å². The van der Waals surface area contributed by atoms with Crippen molar-refractivity contribution >= 4 is 11.4 Å². The van der Waals surface area contributed by atoms with Gasteiger partial charge in [0.05, 0.1) is 17.3 Å². The van der Waals surface area contributed by atoms with Gasteiger partial charge in [-0.3, -0.25) is 10.1 Å². The monoisotopic (exact) mass is 264 g/mol. The van der Waals surface area contributed by atoms with Crippen molar-refractivity contribution in [2.24, 2.45) is 0 Å². The molecule has 0 aliphatic heterocycles. The minimum Gasteiger partial charge on any atom is -0.379 e. The molecule has 7 heteroatoms. The average Bonchev–Trinajstić information content (AvgIpc) is 2.86. The van der Waals surface area contributed by atoms with Gasteiger partial charge in [-0.15, -0.1) is 0 Å². The second kappa shape index (κ2) is 5.47. The summed E-state index contributed by atoms with van der Waals surface area (Å²) >= 11 is 0. The maximum atomic E-state index is 13.3. The molecule has 2 N–H and O–H groups in total. The van der Waals surface area contributed by atoms with Crippen molar-refractivity contribution in [2.75, 3.05) is 11.9 Å². The molecule has 0 spiro atoms. The molecule has 2 rings (SSSR count). The smallest absolute Gasteiger partial charge is 0.295 e. The molecule has 0 saturated heterocycles. The Kier molecular flexibility index (Phi) is 3.74. The summed E-state index contributed by atoms with van der Waals surface area (Å²) in [5.74, 6) is -0.578. The van der Waals surface area contributed by atoms with Crippen molar-refractivity contribution in [3.63, 3.8) is 0 Å². The molecule has 0 saturated carbocycles. The number of H-pyrrole nitrogens is 1. The van der Waals surface area contributed by atoms with Gasteiger partial charge in [-0.2, -0.15) is 0 Å². The number of benzene rings is 1. The van der Waals surface area contributed by atoms with Crippen LogP contribution in [0.25, 0.3) is 0 Å². The van der Waals surface area contributed by atoms with E-state index >= 15 is 0 Å². The van der Waals surface area contributed by atoms with Gasteiger partial charge < -0.3 is 10.3 Å². The third-order valence-corrected chi connectivity index (χ3v) is 2.74. The molecule has 0 radical (unpaired) electrons. The van der Waals surface area contributed by atoms with Gasteiger partial charge in [-0.1, -0.05) is 0 Å². The summed E-state index contributed by atoms with van der Waals surface area (Å²) in [5, 5.41) is 13.8. The fourth-order valence-corrected chi connectivity index (χ4v) is 1.72. The van der Waals surface area contributed by atoms with Crippen LogP contribution in [0, 0.1) is 22.9 Å². The predicted molar refractivity (Wildman–Crippen MR) is 68.6 cm³/mol. The highest BCUT2D eigenvalue weighted by atomic mass is 19.1. The number of nitrogens with zero attached hydrogens (tertiary/aromatic N) is 2. The first-order valence-electron chi connectivity index (χ1n) is 5.73. The summed E-state index contributed by atoms with van der Waals surface area (Å²) in [7, 11) is 0. The lowest BCUT2D eigenvalue weighted by Gasteiger charge is -2.08. The molecule has 0 aliphatic rings. The number of rotatable bonds is 5. The van der Waals surface area contributed by atoms with E-state index < -0.39 is 10.7 Å². The summed E-state index contributed by atoms with van der Waals surface area (Å²) in [5.41, 5.74) is 1.36. The molecule has 1 aromatic carbocycles. The molecule has 100 valence electrons. The van der Waals surface area contributed by atoms with E-state index in [0.29, 0.717) is 24.2 Å². The van der Waals surface area contributed by atoms with Crippen LogP contribution in [-0.2, 0) is 6.42 Å². The lowest BCUT2D eigenvalue weighted by atomic mass is 10.1. The number of aromatic amines is 1. The Bertz CT molecular complexity index is 584. The van der Waals surface area contributed by atoms with Gasteiger partial charge in [0.2, 0.25) is 0 Å². The van der Waals surface area contributed by atoms with Gasteiger partial charge in [-0.05, 0) is 18.6 Å². The van der Waals surface area contributed by atoms with Crippen molar-refractivity contribution in [1.29, 1.82) is 0 Å². The molecule has 1 heterocycles. The molecule has 0 atom stereocenters. The summed E-state index contributed by atoms with van der Waals surface area (Å²) in [6.07, 6.45) is 3.90. The second-order valence-corrected chi connectivity index (χ2v) is 4.13. The van der Waals surface area contributed by atoms with Crippen LogP contribution in [0.1, 0.15) is 11.3 Å². The third-order valence-electron chi connectivity index (χ3n) is 2.74. The van der Waals surface area contributed by atoms with Crippen LogP contribution in [0.15, 0.2) is 24.7 Å².